The zero-order chi connectivity index (χ0) is 13.7. The van der Waals surface area contributed by atoms with Crippen molar-refractivity contribution in [2.24, 2.45) is 5.92 Å². The van der Waals surface area contributed by atoms with Gasteiger partial charge in [0.25, 0.3) is 5.91 Å². The lowest BCUT2D eigenvalue weighted by Crippen LogP contribution is -2.39. The highest BCUT2D eigenvalue weighted by atomic mass is 16.2. The van der Waals surface area contributed by atoms with E-state index in [9.17, 15) is 4.79 Å². The van der Waals surface area contributed by atoms with Gasteiger partial charge in [0.2, 0.25) is 0 Å². The zero-order valence-corrected chi connectivity index (χ0v) is 11.9. The van der Waals surface area contributed by atoms with Crippen molar-refractivity contribution < 1.29 is 4.79 Å². The van der Waals surface area contributed by atoms with Crippen molar-refractivity contribution in [2.45, 2.75) is 26.7 Å². The first-order valence-corrected chi connectivity index (χ1v) is 7.14. The number of pyridine rings is 1. The van der Waals surface area contributed by atoms with Gasteiger partial charge in [-0.15, -0.1) is 0 Å². The maximum absolute atomic E-state index is 12.4. The van der Waals surface area contributed by atoms with Crippen molar-refractivity contribution in [3.63, 3.8) is 0 Å². The molecule has 0 aromatic carbocycles. The van der Waals surface area contributed by atoms with Gasteiger partial charge in [0, 0.05) is 18.8 Å². The number of nitrogens with one attached hydrogen (secondary N) is 1. The molecular weight excluding hydrogens is 238 g/mol. The van der Waals surface area contributed by atoms with E-state index < -0.39 is 0 Å². The summed E-state index contributed by atoms with van der Waals surface area (Å²) < 4.78 is 0. The summed E-state index contributed by atoms with van der Waals surface area (Å²) in [5.41, 5.74) is 1.46. The van der Waals surface area contributed by atoms with Crippen LogP contribution in [0.15, 0.2) is 18.2 Å². The SMILES string of the molecule is CCN(CC1CCNCC1)C(=O)c1cccc(C)n1. The minimum Gasteiger partial charge on any atom is -0.337 e. The molecule has 0 aliphatic carbocycles. The summed E-state index contributed by atoms with van der Waals surface area (Å²) in [5, 5.41) is 3.36. The van der Waals surface area contributed by atoms with Crippen LogP contribution in [0, 0.1) is 12.8 Å². The van der Waals surface area contributed by atoms with Crippen LogP contribution in [0.1, 0.15) is 35.9 Å². The highest BCUT2D eigenvalue weighted by Crippen LogP contribution is 2.15. The molecule has 0 atom stereocenters. The van der Waals surface area contributed by atoms with E-state index >= 15 is 0 Å². The molecule has 4 nitrogen and oxygen atoms in total. The van der Waals surface area contributed by atoms with Gasteiger partial charge in [0.1, 0.15) is 5.69 Å². The number of rotatable bonds is 4. The van der Waals surface area contributed by atoms with Crippen LogP contribution < -0.4 is 5.32 Å². The molecule has 0 unspecified atom stereocenters. The highest BCUT2D eigenvalue weighted by Gasteiger charge is 2.21. The van der Waals surface area contributed by atoms with E-state index in [4.69, 9.17) is 0 Å². The summed E-state index contributed by atoms with van der Waals surface area (Å²) in [5.74, 6) is 0.680. The number of carbonyl (C=O) groups is 1. The van der Waals surface area contributed by atoms with Crippen LogP contribution in [-0.4, -0.2) is 42.0 Å². The number of amides is 1. The number of aromatic nitrogens is 1. The molecule has 1 amide bonds. The third kappa shape index (κ3) is 3.77. The molecule has 0 bridgehead atoms. The Bertz CT molecular complexity index is 427. The molecule has 1 aliphatic rings. The van der Waals surface area contributed by atoms with E-state index in [1.54, 1.807) is 6.07 Å². The molecule has 1 fully saturated rings. The normalized spacial score (nSPS) is 16.3. The Morgan fingerprint density at radius 1 is 1.42 bits per heavy atom. The summed E-state index contributed by atoms with van der Waals surface area (Å²) >= 11 is 0. The first-order chi connectivity index (χ1) is 9.20. The third-order valence-corrected chi connectivity index (χ3v) is 3.71. The smallest absolute Gasteiger partial charge is 0.272 e. The molecule has 1 saturated heterocycles. The highest BCUT2D eigenvalue weighted by molar-refractivity contribution is 5.92. The van der Waals surface area contributed by atoms with Crippen molar-refractivity contribution >= 4 is 5.91 Å². The summed E-state index contributed by atoms with van der Waals surface area (Å²) in [6.45, 7) is 7.69. The molecule has 2 rings (SSSR count). The van der Waals surface area contributed by atoms with Crippen LogP contribution in [0.25, 0.3) is 0 Å². The Balaban J connectivity index is 2.02. The molecule has 0 radical (unpaired) electrons. The summed E-state index contributed by atoms with van der Waals surface area (Å²) in [6, 6.07) is 5.62. The van der Waals surface area contributed by atoms with Gasteiger partial charge >= 0.3 is 0 Å². The Labute approximate surface area is 115 Å². The first kappa shape index (κ1) is 14.0. The van der Waals surface area contributed by atoms with E-state index in [0.29, 0.717) is 11.6 Å². The van der Waals surface area contributed by atoms with Crippen molar-refractivity contribution in [1.82, 2.24) is 15.2 Å². The lowest BCUT2D eigenvalue weighted by atomic mass is 9.97. The maximum Gasteiger partial charge on any atom is 0.272 e. The van der Waals surface area contributed by atoms with E-state index in [1.807, 2.05) is 30.9 Å². The van der Waals surface area contributed by atoms with E-state index in [1.165, 1.54) is 0 Å². The van der Waals surface area contributed by atoms with Gasteiger partial charge in [-0.3, -0.25) is 4.79 Å². The van der Waals surface area contributed by atoms with Crippen LogP contribution in [-0.2, 0) is 0 Å². The fourth-order valence-corrected chi connectivity index (χ4v) is 2.56. The molecule has 0 spiro atoms. The van der Waals surface area contributed by atoms with Gasteiger partial charge < -0.3 is 10.2 Å². The Morgan fingerprint density at radius 2 is 2.16 bits per heavy atom. The molecule has 1 N–H and O–H groups in total. The average molecular weight is 261 g/mol. The lowest BCUT2D eigenvalue weighted by Gasteiger charge is -2.29. The van der Waals surface area contributed by atoms with Gasteiger partial charge in [0.05, 0.1) is 0 Å². The Morgan fingerprint density at radius 3 is 2.79 bits per heavy atom. The van der Waals surface area contributed by atoms with Crippen LogP contribution in [0.2, 0.25) is 0 Å². The number of hydrogen-bond acceptors (Lipinski definition) is 3. The quantitative estimate of drug-likeness (QED) is 0.899. The molecule has 2 heterocycles. The number of aryl methyl sites for hydroxylation is 1. The Kier molecular flexibility index (Phi) is 4.91. The van der Waals surface area contributed by atoms with Crippen LogP contribution >= 0.6 is 0 Å². The second-order valence-electron chi connectivity index (χ2n) is 5.20. The van der Waals surface area contributed by atoms with Crippen molar-refractivity contribution in [1.29, 1.82) is 0 Å². The van der Waals surface area contributed by atoms with Gasteiger partial charge in [-0.25, -0.2) is 4.98 Å². The number of carbonyl (C=O) groups excluding carboxylic acids is 1. The van der Waals surface area contributed by atoms with Gasteiger partial charge in [-0.1, -0.05) is 6.07 Å². The average Bonchev–Trinajstić information content (AvgIpc) is 2.45. The fraction of sp³-hybridized carbons (Fsp3) is 0.600. The second kappa shape index (κ2) is 6.66. The summed E-state index contributed by atoms with van der Waals surface area (Å²) in [6.07, 6.45) is 2.32. The third-order valence-electron chi connectivity index (χ3n) is 3.71. The lowest BCUT2D eigenvalue weighted by molar-refractivity contribution is 0.0720. The predicted octanol–water partition coefficient (Wildman–Crippen LogP) is 1.85. The fourth-order valence-electron chi connectivity index (χ4n) is 2.56. The number of piperidine rings is 1. The topological polar surface area (TPSA) is 45.2 Å². The van der Waals surface area contributed by atoms with Crippen molar-refractivity contribution in [3.05, 3.63) is 29.6 Å². The first-order valence-electron chi connectivity index (χ1n) is 7.14. The van der Waals surface area contributed by atoms with E-state index in [2.05, 4.69) is 10.3 Å². The van der Waals surface area contributed by atoms with Gasteiger partial charge in [0.15, 0.2) is 0 Å². The maximum atomic E-state index is 12.4. The van der Waals surface area contributed by atoms with Crippen molar-refractivity contribution in [2.75, 3.05) is 26.2 Å². The monoisotopic (exact) mass is 261 g/mol. The number of hydrogen-bond donors (Lipinski definition) is 1. The Hall–Kier alpha value is -1.42. The zero-order valence-electron chi connectivity index (χ0n) is 11.9. The largest absolute Gasteiger partial charge is 0.337 e. The van der Waals surface area contributed by atoms with Crippen LogP contribution in [0.5, 0.6) is 0 Å². The number of nitrogens with zero attached hydrogens (tertiary/aromatic N) is 2. The minimum absolute atomic E-state index is 0.0599. The molecule has 1 aromatic rings. The van der Waals surface area contributed by atoms with Crippen molar-refractivity contribution in [3.8, 4) is 0 Å². The molecule has 0 saturated carbocycles. The summed E-state index contributed by atoms with van der Waals surface area (Å²) in [4.78, 5) is 18.7. The van der Waals surface area contributed by atoms with E-state index in [0.717, 1.165) is 44.7 Å². The standard InChI is InChI=1S/C15H23N3O/c1-3-18(11-13-7-9-16-10-8-13)15(19)14-6-4-5-12(2)17-14/h4-6,13,16H,3,7-11H2,1-2H3. The molecular formula is C15H23N3O. The molecule has 19 heavy (non-hydrogen) atoms. The van der Waals surface area contributed by atoms with Gasteiger partial charge in [-0.2, -0.15) is 0 Å². The van der Waals surface area contributed by atoms with Gasteiger partial charge in [-0.05, 0) is 57.8 Å². The van der Waals surface area contributed by atoms with E-state index in [-0.39, 0.29) is 5.91 Å². The molecule has 104 valence electrons. The summed E-state index contributed by atoms with van der Waals surface area (Å²) in [7, 11) is 0. The second-order valence-corrected chi connectivity index (χ2v) is 5.20. The molecule has 1 aliphatic heterocycles. The van der Waals surface area contributed by atoms with Crippen LogP contribution in [0.4, 0.5) is 0 Å². The minimum atomic E-state index is 0.0599. The molecule has 1 aromatic heterocycles. The molecule has 4 heteroatoms. The predicted molar refractivity (Wildman–Crippen MR) is 76.1 cm³/mol. The van der Waals surface area contributed by atoms with Crippen LogP contribution in [0.3, 0.4) is 0 Å².